The fourth-order valence-electron chi connectivity index (χ4n) is 1.42. The SMILES string of the molecule is CC(c1ccc(Cl)cc1Cl)N(C)C(=O)C(F)(F)F. The van der Waals surface area contributed by atoms with Gasteiger partial charge in [-0.2, -0.15) is 13.2 Å². The molecule has 0 aromatic heterocycles. The molecule has 1 amide bonds. The topological polar surface area (TPSA) is 20.3 Å². The van der Waals surface area contributed by atoms with Gasteiger partial charge in [0.1, 0.15) is 0 Å². The molecule has 1 aromatic carbocycles. The van der Waals surface area contributed by atoms with Crippen LogP contribution in [0.15, 0.2) is 18.2 Å². The first-order chi connectivity index (χ1) is 8.14. The fourth-order valence-corrected chi connectivity index (χ4v) is 1.99. The van der Waals surface area contributed by atoms with Crippen LogP contribution in [0.3, 0.4) is 0 Å². The Morgan fingerprint density at radius 3 is 2.33 bits per heavy atom. The van der Waals surface area contributed by atoms with E-state index >= 15 is 0 Å². The molecule has 0 fully saturated rings. The lowest BCUT2D eigenvalue weighted by atomic mass is 10.1. The smallest absolute Gasteiger partial charge is 0.331 e. The molecule has 1 rings (SSSR count). The van der Waals surface area contributed by atoms with Crippen LogP contribution >= 0.6 is 23.2 Å². The molecule has 0 aliphatic carbocycles. The van der Waals surface area contributed by atoms with Crippen molar-refractivity contribution >= 4 is 29.1 Å². The molecule has 100 valence electrons. The summed E-state index contributed by atoms with van der Waals surface area (Å²) in [7, 11) is 1.07. The van der Waals surface area contributed by atoms with Crippen molar-refractivity contribution in [1.29, 1.82) is 0 Å². The molecule has 0 aliphatic rings. The number of rotatable bonds is 2. The van der Waals surface area contributed by atoms with Gasteiger partial charge in [0.15, 0.2) is 0 Å². The highest BCUT2D eigenvalue weighted by atomic mass is 35.5. The number of alkyl halides is 3. The number of nitrogens with zero attached hydrogens (tertiary/aromatic N) is 1. The molecule has 0 aliphatic heterocycles. The molecule has 7 heteroatoms. The number of amides is 1. The predicted octanol–water partition coefficient (Wildman–Crippen LogP) is 4.08. The van der Waals surface area contributed by atoms with Gasteiger partial charge in [0, 0.05) is 17.1 Å². The van der Waals surface area contributed by atoms with E-state index in [1.807, 2.05) is 0 Å². The highest BCUT2D eigenvalue weighted by molar-refractivity contribution is 6.35. The van der Waals surface area contributed by atoms with Gasteiger partial charge in [0.05, 0.1) is 6.04 Å². The van der Waals surface area contributed by atoms with Crippen molar-refractivity contribution in [2.24, 2.45) is 0 Å². The van der Waals surface area contributed by atoms with Crippen LogP contribution in [-0.2, 0) is 4.79 Å². The summed E-state index contributed by atoms with van der Waals surface area (Å²) in [6, 6.07) is 3.62. The highest BCUT2D eigenvalue weighted by Crippen LogP contribution is 2.31. The first-order valence-electron chi connectivity index (χ1n) is 4.93. The van der Waals surface area contributed by atoms with E-state index < -0.39 is 18.1 Å². The van der Waals surface area contributed by atoms with E-state index in [4.69, 9.17) is 23.2 Å². The molecule has 2 nitrogen and oxygen atoms in total. The van der Waals surface area contributed by atoms with Gasteiger partial charge in [-0.1, -0.05) is 29.3 Å². The zero-order valence-electron chi connectivity index (χ0n) is 9.55. The molecule has 0 spiro atoms. The Morgan fingerprint density at radius 2 is 1.89 bits per heavy atom. The summed E-state index contributed by atoms with van der Waals surface area (Å²) in [5.41, 5.74) is 0.404. The zero-order valence-corrected chi connectivity index (χ0v) is 11.1. The number of hydrogen-bond acceptors (Lipinski definition) is 1. The molecule has 1 aromatic rings. The lowest BCUT2D eigenvalue weighted by Crippen LogP contribution is -2.39. The lowest BCUT2D eigenvalue weighted by molar-refractivity contribution is -0.186. The van der Waals surface area contributed by atoms with Crippen molar-refractivity contribution in [2.75, 3.05) is 7.05 Å². The third kappa shape index (κ3) is 3.29. The standard InChI is InChI=1S/C11H10Cl2F3NO/c1-6(17(2)10(18)11(14,15)16)8-4-3-7(12)5-9(8)13/h3-6H,1-2H3. The van der Waals surface area contributed by atoms with Crippen molar-refractivity contribution in [3.63, 3.8) is 0 Å². The molecule has 18 heavy (non-hydrogen) atoms. The van der Waals surface area contributed by atoms with Gasteiger partial charge in [0.25, 0.3) is 0 Å². The Balaban J connectivity index is 3.00. The highest BCUT2D eigenvalue weighted by Gasteiger charge is 2.42. The van der Waals surface area contributed by atoms with Crippen molar-refractivity contribution in [1.82, 2.24) is 4.90 Å². The van der Waals surface area contributed by atoms with Crippen LogP contribution in [0.25, 0.3) is 0 Å². The summed E-state index contributed by atoms with van der Waals surface area (Å²) in [5, 5.41) is 0.595. The van der Waals surface area contributed by atoms with Gasteiger partial charge < -0.3 is 4.90 Å². The third-order valence-corrected chi connectivity index (χ3v) is 3.12. The van der Waals surface area contributed by atoms with Crippen molar-refractivity contribution in [2.45, 2.75) is 19.1 Å². The summed E-state index contributed by atoms with van der Waals surface area (Å²) in [6.45, 7) is 1.46. The maximum Gasteiger partial charge on any atom is 0.471 e. The Hall–Kier alpha value is -0.940. The van der Waals surface area contributed by atoms with Crippen LogP contribution in [0.2, 0.25) is 10.0 Å². The summed E-state index contributed by atoms with van der Waals surface area (Å²) >= 11 is 11.6. The average molecular weight is 300 g/mol. The first kappa shape index (κ1) is 15.1. The van der Waals surface area contributed by atoms with E-state index in [-0.39, 0.29) is 5.02 Å². The number of carbonyl (C=O) groups excluding carboxylic acids is 1. The second kappa shape index (κ2) is 5.36. The summed E-state index contributed by atoms with van der Waals surface area (Å²) < 4.78 is 36.9. The molecule has 1 atom stereocenters. The van der Waals surface area contributed by atoms with Crippen LogP contribution in [-0.4, -0.2) is 24.0 Å². The predicted molar refractivity (Wildman–Crippen MR) is 63.7 cm³/mol. The van der Waals surface area contributed by atoms with Crippen molar-refractivity contribution < 1.29 is 18.0 Å². The Kier molecular flexibility index (Phi) is 4.50. The Labute approximate surface area is 112 Å². The zero-order chi connectivity index (χ0) is 14.1. The van der Waals surface area contributed by atoms with Gasteiger partial charge in [0.2, 0.25) is 0 Å². The van der Waals surface area contributed by atoms with Gasteiger partial charge in [-0.15, -0.1) is 0 Å². The van der Waals surface area contributed by atoms with Gasteiger partial charge >= 0.3 is 12.1 Å². The fraction of sp³-hybridized carbons (Fsp3) is 0.364. The van der Waals surface area contributed by atoms with Crippen molar-refractivity contribution in [3.05, 3.63) is 33.8 Å². The monoisotopic (exact) mass is 299 g/mol. The number of hydrogen-bond donors (Lipinski definition) is 0. The number of halogens is 5. The van der Waals surface area contributed by atoms with E-state index in [1.54, 1.807) is 0 Å². The molecule has 0 saturated carbocycles. The second-order valence-corrected chi connectivity index (χ2v) is 4.60. The number of carbonyl (C=O) groups is 1. The van der Waals surface area contributed by atoms with E-state index in [2.05, 4.69) is 0 Å². The van der Waals surface area contributed by atoms with Crippen LogP contribution in [0.5, 0.6) is 0 Å². The van der Waals surface area contributed by atoms with E-state index in [9.17, 15) is 18.0 Å². The molecule has 1 unspecified atom stereocenters. The first-order valence-corrected chi connectivity index (χ1v) is 5.69. The molecule has 0 radical (unpaired) electrons. The van der Waals surface area contributed by atoms with E-state index in [0.717, 1.165) is 7.05 Å². The Bertz CT molecular complexity index is 462. The van der Waals surface area contributed by atoms with Crippen molar-refractivity contribution in [3.8, 4) is 0 Å². The van der Waals surface area contributed by atoms with Crippen LogP contribution in [0.1, 0.15) is 18.5 Å². The maximum atomic E-state index is 12.3. The maximum absolute atomic E-state index is 12.3. The molecular formula is C11H10Cl2F3NO. The average Bonchev–Trinajstić information content (AvgIpc) is 2.25. The number of benzene rings is 1. The molecule has 0 saturated heterocycles. The van der Waals surface area contributed by atoms with Gasteiger partial charge in [-0.25, -0.2) is 0 Å². The van der Waals surface area contributed by atoms with Gasteiger partial charge in [-0.05, 0) is 24.6 Å². The molecule has 0 bridgehead atoms. The second-order valence-electron chi connectivity index (χ2n) is 3.76. The minimum absolute atomic E-state index is 0.219. The summed E-state index contributed by atoms with van der Waals surface area (Å²) in [5.74, 6) is -1.92. The molecule has 0 heterocycles. The molecule has 0 N–H and O–H groups in total. The summed E-state index contributed by atoms with van der Waals surface area (Å²) in [4.78, 5) is 11.7. The Morgan fingerprint density at radius 1 is 1.33 bits per heavy atom. The van der Waals surface area contributed by atoms with Crippen LogP contribution in [0.4, 0.5) is 13.2 Å². The quantitative estimate of drug-likeness (QED) is 0.806. The minimum Gasteiger partial charge on any atom is -0.331 e. The van der Waals surface area contributed by atoms with E-state index in [0.29, 0.717) is 15.5 Å². The van der Waals surface area contributed by atoms with Crippen LogP contribution < -0.4 is 0 Å². The largest absolute Gasteiger partial charge is 0.471 e. The van der Waals surface area contributed by atoms with Crippen LogP contribution in [0, 0.1) is 0 Å². The third-order valence-electron chi connectivity index (χ3n) is 2.56. The minimum atomic E-state index is -4.90. The molecular weight excluding hydrogens is 290 g/mol. The lowest BCUT2D eigenvalue weighted by Gasteiger charge is -2.26. The summed E-state index contributed by atoms with van der Waals surface area (Å²) in [6.07, 6.45) is -4.90. The normalized spacial score (nSPS) is 13.3. The van der Waals surface area contributed by atoms with Gasteiger partial charge in [-0.3, -0.25) is 4.79 Å². The van der Waals surface area contributed by atoms with E-state index in [1.165, 1.54) is 25.1 Å².